The van der Waals surface area contributed by atoms with Crippen LogP contribution in [0, 0.1) is 6.92 Å². The summed E-state index contributed by atoms with van der Waals surface area (Å²) in [6, 6.07) is 25.8. The number of rotatable bonds is 7. The van der Waals surface area contributed by atoms with E-state index in [2.05, 4.69) is 0 Å². The molecule has 0 saturated carbocycles. The zero-order valence-corrected chi connectivity index (χ0v) is 22.7. The number of ether oxygens (including phenoxy) is 1. The van der Waals surface area contributed by atoms with E-state index in [9.17, 15) is 21.6 Å². The van der Waals surface area contributed by atoms with E-state index in [0.29, 0.717) is 11.3 Å². The second-order valence-electron chi connectivity index (χ2n) is 8.95. The minimum absolute atomic E-state index is 0.0822. The molecule has 0 aliphatic carbocycles. The molecule has 0 fully saturated rings. The first-order chi connectivity index (χ1) is 18.6. The van der Waals surface area contributed by atoms with Crippen molar-refractivity contribution >= 4 is 30.6 Å². The summed E-state index contributed by atoms with van der Waals surface area (Å²) in [4.78, 5) is 13.7. The van der Waals surface area contributed by atoms with Gasteiger partial charge < -0.3 is 9.15 Å². The fourth-order valence-corrected chi connectivity index (χ4v) is 9.06. The lowest BCUT2D eigenvalue weighted by Crippen LogP contribution is -2.29. The third kappa shape index (κ3) is 4.75. The Morgan fingerprint density at radius 2 is 1.26 bits per heavy atom. The van der Waals surface area contributed by atoms with E-state index in [4.69, 9.17) is 9.15 Å². The van der Waals surface area contributed by atoms with Gasteiger partial charge in [0, 0.05) is 5.56 Å². The molecular formula is C30H24O7S2. The van der Waals surface area contributed by atoms with Gasteiger partial charge in [0.15, 0.2) is 5.43 Å². The molecule has 9 heteroatoms. The first-order valence-electron chi connectivity index (χ1n) is 11.9. The highest BCUT2D eigenvalue weighted by atomic mass is 32.3. The Hall–Kier alpha value is -4.21. The average molecular weight is 561 g/mol. The second kappa shape index (κ2) is 10.2. The Morgan fingerprint density at radius 3 is 1.77 bits per heavy atom. The van der Waals surface area contributed by atoms with Crippen LogP contribution in [0.4, 0.5) is 0 Å². The van der Waals surface area contributed by atoms with E-state index in [1.807, 2.05) is 0 Å². The Morgan fingerprint density at radius 1 is 0.718 bits per heavy atom. The fourth-order valence-electron chi connectivity index (χ4n) is 4.44. The Kier molecular flexibility index (Phi) is 6.88. The average Bonchev–Trinajstić information content (AvgIpc) is 2.95. The van der Waals surface area contributed by atoms with Crippen LogP contribution in [0.5, 0.6) is 5.75 Å². The van der Waals surface area contributed by atoms with Gasteiger partial charge in [-0.3, -0.25) is 4.79 Å². The molecule has 0 spiro atoms. The van der Waals surface area contributed by atoms with Crippen molar-refractivity contribution in [1.29, 1.82) is 0 Å². The Bertz CT molecular complexity index is 1860. The summed E-state index contributed by atoms with van der Waals surface area (Å²) in [5.41, 5.74) is 0.0297. The van der Waals surface area contributed by atoms with Crippen molar-refractivity contribution in [2.45, 2.75) is 21.3 Å². The maximum atomic E-state index is 14.2. The number of sulfone groups is 2. The molecule has 0 amide bonds. The SMILES string of the molecule is COc1ccc(-c2oc3ccc(C)cc3c(=O)c2C(S(=O)(=O)c2ccccc2)S(=O)(=O)c2ccccc2)cc1. The number of methoxy groups -OCH3 is 1. The summed E-state index contributed by atoms with van der Waals surface area (Å²) in [6.45, 7) is 1.77. The van der Waals surface area contributed by atoms with Gasteiger partial charge in [-0.25, -0.2) is 16.8 Å². The number of benzene rings is 4. The van der Waals surface area contributed by atoms with E-state index < -0.39 is 35.2 Å². The summed E-state index contributed by atoms with van der Waals surface area (Å²) in [6.07, 6.45) is 0. The molecule has 5 rings (SSSR count). The van der Waals surface area contributed by atoms with Gasteiger partial charge >= 0.3 is 0 Å². The normalized spacial score (nSPS) is 12.1. The molecule has 4 aromatic carbocycles. The predicted molar refractivity (Wildman–Crippen MR) is 149 cm³/mol. The quantitative estimate of drug-likeness (QED) is 0.250. The number of hydrogen-bond donors (Lipinski definition) is 0. The Balaban J connectivity index is 1.94. The van der Waals surface area contributed by atoms with Crippen molar-refractivity contribution in [3.05, 3.63) is 124 Å². The van der Waals surface area contributed by atoms with Crippen LogP contribution in [0.3, 0.4) is 0 Å². The maximum Gasteiger partial charge on any atom is 0.204 e. The minimum atomic E-state index is -4.68. The van der Waals surface area contributed by atoms with E-state index in [1.165, 1.54) is 55.6 Å². The molecule has 5 aromatic rings. The van der Waals surface area contributed by atoms with Crippen molar-refractivity contribution in [3.8, 4) is 17.1 Å². The second-order valence-corrected chi connectivity index (χ2v) is 13.3. The summed E-state index contributed by atoms with van der Waals surface area (Å²) in [5.74, 6) is 0.368. The first kappa shape index (κ1) is 26.4. The van der Waals surface area contributed by atoms with Gasteiger partial charge in [-0.2, -0.15) is 0 Å². The van der Waals surface area contributed by atoms with Crippen molar-refractivity contribution in [3.63, 3.8) is 0 Å². The molecule has 0 radical (unpaired) electrons. The molecule has 0 saturated heterocycles. The van der Waals surface area contributed by atoms with Crippen LogP contribution in [0.25, 0.3) is 22.3 Å². The lowest BCUT2D eigenvalue weighted by molar-refractivity contribution is 0.415. The molecule has 1 heterocycles. The zero-order chi connectivity index (χ0) is 27.8. The van der Waals surface area contributed by atoms with Crippen LogP contribution in [0.1, 0.15) is 15.7 Å². The van der Waals surface area contributed by atoms with Gasteiger partial charge in [0.1, 0.15) is 17.1 Å². The van der Waals surface area contributed by atoms with Crippen molar-refractivity contribution in [2.75, 3.05) is 7.11 Å². The van der Waals surface area contributed by atoms with Gasteiger partial charge in [0.05, 0.1) is 27.9 Å². The van der Waals surface area contributed by atoms with Crippen LogP contribution < -0.4 is 10.2 Å². The largest absolute Gasteiger partial charge is 0.497 e. The molecule has 0 aliphatic heterocycles. The van der Waals surface area contributed by atoms with Crippen LogP contribution in [0.15, 0.2) is 122 Å². The molecule has 0 unspecified atom stereocenters. The van der Waals surface area contributed by atoms with Crippen LogP contribution in [-0.2, 0) is 19.7 Å². The third-order valence-corrected chi connectivity index (χ3v) is 11.4. The highest BCUT2D eigenvalue weighted by Crippen LogP contribution is 2.41. The molecule has 0 aliphatic rings. The number of fused-ring (bicyclic) bond motifs is 1. The molecule has 0 bridgehead atoms. The number of hydrogen-bond acceptors (Lipinski definition) is 7. The van der Waals surface area contributed by atoms with E-state index in [0.717, 1.165) is 5.56 Å². The smallest absolute Gasteiger partial charge is 0.204 e. The zero-order valence-electron chi connectivity index (χ0n) is 21.1. The lowest BCUT2D eigenvalue weighted by atomic mass is 10.0. The van der Waals surface area contributed by atoms with E-state index in [1.54, 1.807) is 61.5 Å². The molecule has 39 heavy (non-hydrogen) atoms. The standard InChI is InChI=1S/C30H24O7S2/c1-20-13-18-26-25(19-20)28(31)27(29(37-26)21-14-16-22(36-2)17-15-21)30(38(32,33)23-9-5-3-6-10-23)39(34,35)24-11-7-4-8-12-24/h3-19,30H,1-2H3. The van der Waals surface area contributed by atoms with Crippen molar-refractivity contribution < 1.29 is 26.0 Å². The highest BCUT2D eigenvalue weighted by Gasteiger charge is 2.45. The molecular weight excluding hydrogens is 536 g/mol. The number of aryl methyl sites for hydroxylation is 1. The molecule has 0 N–H and O–H groups in total. The van der Waals surface area contributed by atoms with Gasteiger partial charge in [-0.1, -0.05) is 48.0 Å². The van der Waals surface area contributed by atoms with E-state index >= 15 is 0 Å². The van der Waals surface area contributed by atoms with Crippen molar-refractivity contribution in [1.82, 2.24) is 0 Å². The molecule has 198 valence electrons. The summed E-state index contributed by atoms with van der Waals surface area (Å²) in [5, 5.41) is 0.0822. The topological polar surface area (TPSA) is 108 Å². The Labute approximate surface area is 226 Å². The van der Waals surface area contributed by atoms with Crippen LogP contribution >= 0.6 is 0 Å². The fraction of sp³-hybridized carbons (Fsp3) is 0.100. The first-order valence-corrected chi connectivity index (χ1v) is 15.0. The summed E-state index contributed by atoms with van der Waals surface area (Å²) < 4.78 is 66.0. The lowest BCUT2D eigenvalue weighted by Gasteiger charge is -2.21. The summed E-state index contributed by atoms with van der Waals surface area (Å²) >= 11 is 0. The van der Waals surface area contributed by atoms with Gasteiger partial charge in [-0.05, 0) is 67.6 Å². The van der Waals surface area contributed by atoms with Gasteiger partial charge in [0.2, 0.25) is 24.3 Å². The molecule has 1 aromatic heterocycles. The molecule has 7 nitrogen and oxygen atoms in total. The van der Waals surface area contributed by atoms with Crippen LogP contribution in [-0.4, -0.2) is 23.9 Å². The third-order valence-electron chi connectivity index (χ3n) is 6.38. The minimum Gasteiger partial charge on any atom is -0.497 e. The monoisotopic (exact) mass is 560 g/mol. The van der Waals surface area contributed by atoms with Gasteiger partial charge in [0.25, 0.3) is 0 Å². The van der Waals surface area contributed by atoms with Crippen molar-refractivity contribution in [2.24, 2.45) is 0 Å². The van der Waals surface area contributed by atoms with Gasteiger partial charge in [-0.15, -0.1) is 0 Å². The summed E-state index contributed by atoms with van der Waals surface area (Å²) in [7, 11) is -7.86. The van der Waals surface area contributed by atoms with Crippen LogP contribution in [0.2, 0.25) is 0 Å². The maximum absolute atomic E-state index is 14.2. The molecule has 0 atom stereocenters. The van der Waals surface area contributed by atoms with E-state index in [-0.39, 0.29) is 26.5 Å². The predicted octanol–water partition coefficient (Wildman–Crippen LogP) is 5.72. The highest BCUT2D eigenvalue weighted by molar-refractivity contribution is 8.08.